The highest BCUT2D eigenvalue weighted by molar-refractivity contribution is 7.83. The van der Waals surface area contributed by atoms with Gasteiger partial charge in [-0.05, 0) is 12.8 Å². The van der Waals surface area contributed by atoms with Crippen LogP contribution in [0.5, 0.6) is 0 Å². The van der Waals surface area contributed by atoms with Crippen molar-refractivity contribution >= 4 is 20.8 Å². The van der Waals surface area contributed by atoms with Crippen LogP contribution in [0.4, 0.5) is 0 Å². The summed E-state index contributed by atoms with van der Waals surface area (Å²) in [6.45, 7) is 6.72. The van der Waals surface area contributed by atoms with E-state index in [-0.39, 0.29) is 0 Å². The number of imidazole rings is 2. The number of aromatic nitrogens is 4. The lowest BCUT2D eigenvalue weighted by Crippen LogP contribution is -2.30. The lowest BCUT2D eigenvalue weighted by molar-refractivity contribution is -0.696. The lowest BCUT2D eigenvalue weighted by Gasteiger charge is -2.07. The third-order valence-electron chi connectivity index (χ3n) is 3.38. The first-order valence-corrected chi connectivity index (χ1v) is 11.8. The Balaban J connectivity index is 0.000000420. The summed E-state index contributed by atoms with van der Waals surface area (Å²) in [6, 6.07) is 0. The van der Waals surface area contributed by atoms with E-state index in [0.29, 0.717) is 0 Å². The fourth-order valence-electron chi connectivity index (χ4n) is 2.02. The second kappa shape index (κ2) is 14.2. The molecule has 0 saturated carbocycles. The molecule has 2 rings (SSSR count). The summed E-state index contributed by atoms with van der Waals surface area (Å²) in [5, 5.41) is 0. The summed E-state index contributed by atoms with van der Waals surface area (Å²) in [4.78, 5) is 0. The van der Waals surface area contributed by atoms with Gasteiger partial charge in [0.1, 0.15) is 24.8 Å². The highest BCUT2D eigenvalue weighted by Gasteiger charge is 2.00. The third kappa shape index (κ3) is 17.1. The highest BCUT2D eigenvalue weighted by Crippen LogP contribution is 1.92. The van der Waals surface area contributed by atoms with Gasteiger partial charge in [-0.2, -0.15) is 0 Å². The van der Waals surface area contributed by atoms with E-state index in [1.165, 1.54) is 25.7 Å². The predicted molar refractivity (Wildman–Crippen MR) is 103 cm³/mol. The quantitative estimate of drug-likeness (QED) is 0.164. The maximum atomic E-state index is 9.37. The van der Waals surface area contributed by atoms with Gasteiger partial charge in [-0.3, -0.25) is 0 Å². The van der Waals surface area contributed by atoms with Gasteiger partial charge in [0.15, 0.2) is 0 Å². The Hall–Kier alpha value is -1.84. The Morgan fingerprint density at radius 2 is 1.10 bits per heavy atom. The Bertz CT molecular complexity index is 846. The summed E-state index contributed by atoms with van der Waals surface area (Å²) in [5.74, 6) is 0. The normalized spacial score (nSPS) is 11.3. The van der Waals surface area contributed by atoms with Gasteiger partial charge >= 0.3 is 0 Å². The molecule has 174 valence electrons. The van der Waals surface area contributed by atoms with Crippen molar-refractivity contribution in [1.82, 2.24) is 9.13 Å². The molecule has 30 heavy (non-hydrogen) atoms. The molecule has 0 aromatic carbocycles. The highest BCUT2D eigenvalue weighted by atomic mass is 32.3. The maximum absolute atomic E-state index is 9.37. The smallest absolute Gasteiger partial charge is 0.246 e. The molecule has 0 aliphatic rings. The van der Waals surface area contributed by atoms with E-state index in [9.17, 15) is 25.9 Å². The van der Waals surface area contributed by atoms with Crippen molar-refractivity contribution in [2.45, 2.75) is 52.6 Å². The molecule has 2 aromatic rings. The molecule has 12 nitrogen and oxygen atoms in total. The van der Waals surface area contributed by atoms with Gasteiger partial charge in [0.05, 0.1) is 27.2 Å². The van der Waals surface area contributed by atoms with Crippen LogP contribution in [0.3, 0.4) is 0 Å². The van der Waals surface area contributed by atoms with Crippen molar-refractivity contribution in [1.29, 1.82) is 0 Å². The number of unbranched alkanes of at least 4 members (excludes halogenated alkanes) is 2. The zero-order valence-electron chi connectivity index (χ0n) is 17.6. The number of nitrogens with zero attached hydrogens (tertiary/aromatic N) is 4. The van der Waals surface area contributed by atoms with E-state index in [2.05, 4.69) is 78.2 Å². The maximum Gasteiger partial charge on any atom is 0.246 e. The number of hydrogen-bond acceptors (Lipinski definition) is 8. The van der Waals surface area contributed by atoms with Crippen molar-refractivity contribution in [2.24, 2.45) is 14.1 Å². The van der Waals surface area contributed by atoms with Gasteiger partial charge in [0.25, 0.3) is 0 Å². The SMILES string of the molecule is CCCC[n+]1ccn(C)c1.CCCC[n+]1ccn(C)c1.O=S(=O)([O-])OOS(=O)(=O)[O-]. The van der Waals surface area contributed by atoms with E-state index < -0.39 is 20.8 Å². The minimum absolute atomic E-state index is 1.15. The first-order chi connectivity index (χ1) is 13.9. The Morgan fingerprint density at radius 1 is 0.767 bits per heavy atom. The monoisotopic (exact) mass is 470 g/mol. The molecule has 0 aliphatic heterocycles. The molecule has 0 bridgehead atoms. The van der Waals surface area contributed by atoms with Crippen LogP contribution in [-0.2, 0) is 56.7 Å². The Morgan fingerprint density at radius 3 is 1.30 bits per heavy atom. The molecule has 0 fully saturated rings. The van der Waals surface area contributed by atoms with Gasteiger partial charge < -0.3 is 9.11 Å². The van der Waals surface area contributed by atoms with Gasteiger partial charge in [-0.25, -0.2) is 35.1 Å². The Labute approximate surface area is 178 Å². The van der Waals surface area contributed by atoms with Gasteiger partial charge in [0.2, 0.25) is 33.5 Å². The average Bonchev–Trinajstić information content (AvgIpc) is 3.24. The van der Waals surface area contributed by atoms with Crippen LogP contribution < -0.4 is 9.13 Å². The summed E-state index contributed by atoms with van der Waals surface area (Å²) < 4.78 is 70.0. The Kier molecular flexibility index (Phi) is 13.3. The average molecular weight is 471 g/mol. The van der Waals surface area contributed by atoms with Crippen LogP contribution in [0.15, 0.2) is 37.4 Å². The van der Waals surface area contributed by atoms with E-state index in [1.54, 1.807) is 0 Å². The van der Waals surface area contributed by atoms with E-state index in [0.717, 1.165) is 13.1 Å². The minimum Gasteiger partial charge on any atom is -0.724 e. The second-order valence-electron chi connectivity index (χ2n) is 6.29. The summed E-state index contributed by atoms with van der Waals surface area (Å²) in [7, 11) is -6.53. The van der Waals surface area contributed by atoms with Gasteiger partial charge in [-0.15, -0.1) is 8.67 Å². The lowest BCUT2D eigenvalue weighted by atomic mass is 10.3. The molecule has 0 N–H and O–H groups in total. The van der Waals surface area contributed by atoms with Crippen LogP contribution >= 0.6 is 0 Å². The van der Waals surface area contributed by atoms with Crippen LogP contribution in [0.25, 0.3) is 0 Å². The summed E-state index contributed by atoms with van der Waals surface area (Å²) in [6.07, 6.45) is 17.6. The van der Waals surface area contributed by atoms with Crippen molar-refractivity contribution in [3.63, 3.8) is 0 Å². The topological polar surface area (TPSA) is 150 Å². The van der Waals surface area contributed by atoms with Crippen LogP contribution in [0.1, 0.15) is 39.5 Å². The van der Waals surface area contributed by atoms with E-state index in [4.69, 9.17) is 0 Å². The van der Waals surface area contributed by atoms with Crippen molar-refractivity contribution in [2.75, 3.05) is 0 Å². The molecule has 0 spiro atoms. The van der Waals surface area contributed by atoms with Gasteiger partial charge in [-0.1, -0.05) is 26.7 Å². The molecule has 0 aliphatic carbocycles. The van der Waals surface area contributed by atoms with Crippen molar-refractivity contribution < 1.29 is 43.7 Å². The standard InChI is InChI=1S/2C8H15N2.H2O8S2/c2*1-3-4-5-10-7-6-9(2)8-10;1-9(2,3)7-8-10(4,5)6/h2*6-8H,3-5H2,1-2H3;(H,1,2,3)(H,4,5,6)/q2*+1;/p-2. The van der Waals surface area contributed by atoms with Crippen LogP contribution in [-0.4, -0.2) is 35.1 Å². The molecule has 0 atom stereocenters. The third-order valence-corrected chi connectivity index (χ3v) is 3.94. The second-order valence-corrected chi connectivity index (χ2v) is 8.20. The molecule has 0 radical (unpaired) electrons. The summed E-state index contributed by atoms with van der Waals surface area (Å²) >= 11 is 0. The largest absolute Gasteiger partial charge is 0.724 e. The number of aryl methyl sites for hydroxylation is 4. The van der Waals surface area contributed by atoms with Crippen LogP contribution in [0, 0.1) is 0 Å². The zero-order chi connectivity index (χ0) is 23.2. The van der Waals surface area contributed by atoms with Crippen molar-refractivity contribution in [3.8, 4) is 0 Å². The fourth-order valence-corrected chi connectivity index (χ4v) is 2.56. The molecular weight excluding hydrogens is 440 g/mol. The molecule has 14 heteroatoms. The summed E-state index contributed by atoms with van der Waals surface area (Å²) in [5.41, 5.74) is 0. The molecular formula is C16H30N4O8S2. The fraction of sp³-hybridized carbons (Fsp3) is 0.625. The molecule has 0 unspecified atom stereocenters. The van der Waals surface area contributed by atoms with E-state index >= 15 is 0 Å². The molecule has 2 aromatic heterocycles. The van der Waals surface area contributed by atoms with E-state index in [1.807, 2.05) is 14.1 Å². The minimum atomic E-state index is -5.31. The zero-order valence-corrected chi connectivity index (χ0v) is 19.2. The number of rotatable bonds is 9. The van der Waals surface area contributed by atoms with Crippen molar-refractivity contribution in [3.05, 3.63) is 37.4 Å². The predicted octanol–water partition coefficient (Wildman–Crippen LogP) is 0.0804. The molecule has 0 amide bonds. The first-order valence-electron chi connectivity index (χ1n) is 9.17. The van der Waals surface area contributed by atoms with Crippen LogP contribution in [0.2, 0.25) is 0 Å². The number of hydrogen-bond donors (Lipinski definition) is 0. The molecule has 0 saturated heterocycles. The molecule has 2 heterocycles. The van der Waals surface area contributed by atoms with Gasteiger partial charge in [0, 0.05) is 0 Å². The first kappa shape index (κ1) is 28.2.